The number of rotatable bonds is 4. The molecule has 0 heterocycles. The van der Waals surface area contributed by atoms with Gasteiger partial charge in [-0.3, -0.25) is 9.59 Å². The third-order valence-corrected chi connectivity index (χ3v) is 2.85. The zero-order valence-corrected chi connectivity index (χ0v) is 9.18. The Hall–Kier alpha value is -0.120. The van der Waals surface area contributed by atoms with Gasteiger partial charge in [0, 0.05) is 5.92 Å². The topological polar surface area (TPSA) is 43.4 Å². The van der Waals surface area contributed by atoms with Gasteiger partial charge in [-0.05, 0) is 48.9 Å². The van der Waals surface area contributed by atoms with E-state index in [0.29, 0.717) is 0 Å². The Bertz CT molecular complexity index is 222. The first-order valence-corrected chi connectivity index (χ1v) is 5.34. The summed E-state index contributed by atoms with van der Waals surface area (Å²) < 4.78 is 5.24. The van der Waals surface area contributed by atoms with Gasteiger partial charge in [0.2, 0.25) is 10.5 Å². The van der Waals surface area contributed by atoms with Crippen LogP contribution in [0.1, 0.15) is 25.7 Å². The van der Waals surface area contributed by atoms with Crippen LogP contribution in [0.15, 0.2) is 0 Å². The highest BCUT2D eigenvalue weighted by atomic mass is 35.5. The lowest BCUT2D eigenvalue weighted by Crippen LogP contribution is -2.25. The van der Waals surface area contributed by atoms with Crippen LogP contribution in [0.3, 0.4) is 0 Å². The molecule has 80 valence electrons. The van der Waals surface area contributed by atoms with Gasteiger partial charge >= 0.3 is 0 Å². The average Bonchev–Trinajstić information content (AvgIpc) is 2.15. The van der Waals surface area contributed by atoms with E-state index >= 15 is 0 Å². The van der Waals surface area contributed by atoms with Gasteiger partial charge in [-0.25, -0.2) is 0 Å². The number of hydrogen-bond donors (Lipinski definition) is 0. The lowest BCUT2D eigenvalue weighted by Gasteiger charge is -2.25. The van der Waals surface area contributed by atoms with Crippen molar-refractivity contribution in [1.82, 2.24) is 0 Å². The van der Waals surface area contributed by atoms with Crippen molar-refractivity contribution in [1.29, 1.82) is 0 Å². The normalized spacial score (nSPS) is 27.3. The largest absolute Gasteiger partial charge is 0.369 e. The molecule has 0 aliphatic heterocycles. The molecule has 0 N–H and O–H groups in total. The van der Waals surface area contributed by atoms with Crippen molar-refractivity contribution in [3.63, 3.8) is 0 Å². The molecule has 0 unspecified atom stereocenters. The minimum atomic E-state index is -0.486. The minimum Gasteiger partial charge on any atom is -0.369 e. The van der Waals surface area contributed by atoms with Crippen molar-refractivity contribution in [3.05, 3.63) is 0 Å². The quantitative estimate of drug-likeness (QED) is 0.705. The fourth-order valence-corrected chi connectivity index (χ4v) is 1.92. The molecule has 1 aliphatic carbocycles. The Morgan fingerprint density at radius 2 is 1.71 bits per heavy atom. The molecule has 14 heavy (non-hydrogen) atoms. The van der Waals surface area contributed by atoms with Crippen LogP contribution >= 0.6 is 23.2 Å². The molecular weight excluding hydrogens is 227 g/mol. The van der Waals surface area contributed by atoms with Gasteiger partial charge in [-0.1, -0.05) is 0 Å². The van der Waals surface area contributed by atoms with Crippen LogP contribution in [0.4, 0.5) is 0 Å². The molecule has 3 nitrogen and oxygen atoms in total. The van der Waals surface area contributed by atoms with Crippen molar-refractivity contribution in [2.45, 2.75) is 31.8 Å². The van der Waals surface area contributed by atoms with E-state index in [1.807, 2.05) is 0 Å². The molecule has 1 fully saturated rings. The summed E-state index contributed by atoms with van der Waals surface area (Å²) in [6, 6.07) is 0. The first-order valence-electron chi connectivity index (χ1n) is 4.59. The highest BCUT2D eigenvalue weighted by molar-refractivity contribution is 6.64. The van der Waals surface area contributed by atoms with E-state index in [0.717, 1.165) is 25.7 Å². The highest BCUT2D eigenvalue weighted by Crippen LogP contribution is 2.27. The monoisotopic (exact) mass is 238 g/mol. The number of carbonyl (C=O) groups excluding carboxylic acids is 2. The van der Waals surface area contributed by atoms with Crippen LogP contribution < -0.4 is 0 Å². The number of carbonyl (C=O) groups is 2. The van der Waals surface area contributed by atoms with Gasteiger partial charge in [0.05, 0.1) is 6.10 Å². The molecule has 0 radical (unpaired) electrons. The summed E-state index contributed by atoms with van der Waals surface area (Å²) >= 11 is 10.5. The molecule has 0 amide bonds. The third kappa shape index (κ3) is 3.95. The molecule has 0 spiro atoms. The van der Waals surface area contributed by atoms with Gasteiger partial charge in [0.1, 0.15) is 6.61 Å². The Morgan fingerprint density at radius 3 is 2.14 bits per heavy atom. The first-order chi connectivity index (χ1) is 6.59. The summed E-state index contributed by atoms with van der Waals surface area (Å²) in [7, 11) is 0. The molecule has 1 aliphatic rings. The molecule has 0 aromatic heterocycles. The maximum atomic E-state index is 10.8. The van der Waals surface area contributed by atoms with Crippen LogP contribution in [-0.4, -0.2) is 23.2 Å². The first kappa shape index (κ1) is 12.0. The van der Waals surface area contributed by atoms with Crippen LogP contribution in [0.25, 0.3) is 0 Å². The predicted octanol–water partition coefficient (Wildman–Crippen LogP) is 2.09. The summed E-state index contributed by atoms with van der Waals surface area (Å²) in [6.07, 6.45) is 3.07. The van der Waals surface area contributed by atoms with Gasteiger partial charge in [-0.15, -0.1) is 0 Å². The van der Waals surface area contributed by atoms with E-state index in [2.05, 4.69) is 0 Å². The summed E-state index contributed by atoms with van der Waals surface area (Å²) in [5.74, 6) is -0.0387. The molecule has 0 saturated heterocycles. The standard InChI is InChI=1S/C9H12Cl2O3/c10-8(12)5-14-7-3-1-6(2-4-7)9(11)13/h6-7H,1-5H2. The van der Waals surface area contributed by atoms with Crippen molar-refractivity contribution < 1.29 is 14.3 Å². The molecule has 0 aromatic rings. The number of halogens is 2. The average molecular weight is 239 g/mol. The van der Waals surface area contributed by atoms with Crippen LogP contribution in [0.5, 0.6) is 0 Å². The fraction of sp³-hybridized carbons (Fsp3) is 0.778. The van der Waals surface area contributed by atoms with E-state index in [-0.39, 0.29) is 23.9 Å². The number of ether oxygens (including phenoxy) is 1. The molecule has 1 saturated carbocycles. The summed E-state index contributed by atoms with van der Waals surface area (Å²) in [5.41, 5.74) is 0. The van der Waals surface area contributed by atoms with Gasteiger partial charge in [0.25, 0.3) is 0 Å². The second-order valence-corrected chi connectivity index (χ2v) is 4.24. The smallest absolute Gasteiger partial charge is 0.247 e. The maximum Gasteiger partial charge on any atom is 0.247 e. The van der Waals surface area contributed by atoms with Crippen LogP contribution in [-0.2, 0) is 14.3 Å². The number of hydrogen-bond acceptors (Lipinski definition) is 3. The predicted molar refractivity (Wildman–Crippen MR) is 53.4 cm³/mol. The van der Waals surface area contributed by atoms with Gasteiger partial charge in [-0.2, -0.15) is 0 Å². The van der Waals surface area contributed by atoms with E-state index in [1.165, 1.54) is 0 Å². The van der Waals surface area contributed by atoms with Crippen LogP contribution in [0.2, 0.25) is 0 Å². The zero-order valence-electron chi connectivity index (χ0n) is 7.67. The Morgan fingerprint density at radius 1 is 1.14 bits per heavy atom. The fourth-order valence-electron chi connectivity index (χ4n) is 1.64. The second-order valence-electron chi connectivity index (χ2n) is 3.44. The van der Waals surface area contributed by atoms with Crippen LogP contribution in [0, 0.1) is 5.92 Å². The van der Waals surface area contributed by atoms with Crippen molar-refractivity contribution >= 4 is 33.7 Å². The Labute approximate surface area is 92.7 Å². The highest BCUT2D eigenvalue weighted by Gasteiger charge is 2.25. The van der Waals surface area contributed by atoms with E-state index < -0.39 is 5.24 Å². The zero-order chi connectivity index (χ0) is 10.6. The maximum absolute atomic E-state index is 10.8. The van der Waals surface area contributed by atoms with Gasteiger partial charge in [0.15, 0.2) is 0 Å². The molecule has 0 atom stereocenters. The summed E-state index contributed by atoms with van der Waals surface area (Å²) in [5, 5.41) is -0.752. The third-order valence-electron chi connectivity index (χ3n) is 2.43. The SMILES string of the molecule is O=C(Cl)COC1CCC(C(=O)Cl)CC1. The Balaban J connectivity index is 2.22. The van der Waals surface area contributed by atoms with Gasteiger partial charge < -0.3 is 4.74 Å². The second kappa shape index (κ2) is 5.69. The molecule has 0 bridgehead atoms. The Kier molecular flexibility index (Phi) is 4.85. The van der Waals surface area contributed by atoms with Crippen molar-refractivity contribution in [2.24, 2.45) is 5.92 Å². The summed E-state index contributed by atoms with van der Waals surface area (Å²) in [6.45, 7) is -0.0499. The van der Waals surface area contributed by atoms with E-state index in [9.17, 15) is 9.59 Å². The lowest BCUT2D eigenvalue weighted by atomic mass is 9.88. The molecule has 1 rings (SSSR count). The lowest BCUT2D eigenvalue weighted by molar-refractivity contribution is -0.121. The molecular formula is C9H12Cl2O3. The minimum absolute atomic E-state index is 0.0387. The molecule has 0 aromatic carbocycles. The van der Waals surface area contributed by atoms with Crippen molar-refractivity contribution in [2.75, 3.05) is 6.61 Å². The summed E-state index contributed by atoms with van der Waals surface area (Å²) in [4.78, 5) is 21.2. The van der Waals surface area contributed by atoms with Crippen molar-refractivity contribution in [3.8, 4) is 0 Å². The van der Waals surface area contributed by atoms with E-state index in [1.54, 1.807) is 0 Å². The van der Waals surface area contributed by atoms with E-state index in [4.69, 9.17) is 27.9 Å². The molecule has 5 heteroatoms.